The fourth-order valence-corrected chi connectivity index (χ4v) is 3.20. The van der Waals surface area contributed by atoms with E-state index in [0.29, 0.717) is 0 Å². The summed E-state index contributed by atoms with van der Waals surface area (Å²) in [6.07, 6.45) is 7.07. The zero-order valence-electron chi connectivity index (χ0n) is 15.4. The first kappa shape index (κ1) is 18.9. The minimum absolute atomic E-state index is 0.0201. The molecule has 140 valence electrons. The maximum atomic E-state index is 12.4. The molecule has 0 unspecified atom stereocenters. The first-order chi connectivity index (χ1) is 13.2. The lowest BCUT2D eigenvalue weighted by Gasteiger charge is -2.19. The van der Waals surface area contributed by atoms with E-state index in [-0.39, 0.29) is 24.1 Å². The number of carbonyl (C=O) groups is 1. The minimum Gasteiger partial charge on any atom is -0.503 e. The van der Waals surface area contributed by atoms with Crippen molar-refractivity contribution in [1.29, 1.82) is 0 Å². The topological polar surface area (TPSA) is 58.9 Å². The summed E-state index contributed by atoms with van der Waals surface area (Å²) in [6.45, 7) is 0. The van der Waals surface area contributed by atoms with E-state index in [2.05, 4.69) is 4.99 Å². The van der Waals surface area contributed by atoms with Gasteiger partial charge >= 0.3 is 5.97 Å². The number of benzene rings is 2. The van der Waals surface area contributed by atoms with Gasteiger partial charge in [0.15, 0.2) is 5.76 Å². The van der Waals surface area contributed by atoms with E-state index in [9.17, 15) is 9.90 Å². The summed E-state index contributed by atoms with van der Waals surface area (Å²) < 4.78 is 5.48. The van der Waals surface area contributed by atoms with E-state index < -0.39 is 5.97 Å². The van der Waals surface area contributed by atoms with Crippen molar-refractivity contribution in [2.75, 3.05) is 0 Å². The largest absolute Gasteiger partial charge is 0.503 e. The zero-order valence-corrected chi connectivity index (χ0v) is 15.4. The molecule has 2 aromatic rings. The maximum absolute atomic E-state index is 12.4. The number of carbonyl (C=O) groups excluding carboxylic acids is 1. The van der Waals surface area contributed by atoms with Crippen molar-refractivity contribution in [3.05, 3.63) is 77.5 Å². The molecule has 0 amide bonds. The zero-order chi connectivity index (χ0) is 18.9. The average Bonchev–Trinajstić information content (AvgIpc) is 2.70. The number of aliphatic hydroxyl groups is 1. The van der Waals surface area contributed by atoms with Gasteiger partial charge in [0.05, 0.1) is 12.5 Å². The van der Waals surface area contributed by atoms with E-state index in [1.807, 2.05) is 60.7 Å². The number of ether oxygens (including phenoxy) is 1. The van der Waals surface area contributed by atoms with Gasteiger partial charge in [0.1, 0.15) is 0 Å². The third-order valence-electron chi connectivity index (χ3n) is 4.60. The molecular formula is C23H25NO3. The van der Waals surface area contributed by atoms with Gasteiger partial charge < -0.3 is 9.84 Å². The molecule has 0 heterocycles. The lowest BCUT2D eigenvalue weighted by molar-refractivity contribution is -0.134. The van der Waals surface area contributed by atoms with Crippen LogP contribution >= 0.6 is 0 Å². The molecule has 1 aliphatic carbocycles. The van der Waals surface area contributed by atoms with Gasteiger partial charge in [-0.2, -0.15) is 0 Å². The molecule has 0 bridgehead atoms. The smallest absolute Gasteiger partial charge is 0.317 e. The number of aliphatic hydroxyl groups excluding tert-OH is 1. The molecular weight excluding hydrogens is 338 g/mol. The molecule has 1 fully saturated rings. The van der Waals surface area contributed by atoms with Gasteiger partial charge in [0, 0.05) is 0 Å². The Labute approximate surface area is 160 Å². The first-order valence-corrected chi connectivity index (χ1v) is 9.49. The van der Waals surface area contributed by atoms with Gasteiger partial charge in [-0.1, -0.05) is 79.9 Å². The van der Waals surface area contributed by atoms with Crippen LogP contribution in [0.25, 0.3) is 6.08 Å². The monoisotopic (exact) mass is 363 g/mol. The predicted molar refractivity (Wildman–Crippen MR) is 108 cm³/mol. The van der Waals surface area contributed by atoms with Crippen LogP contribution in [0.3, 0.4) is 0 Å². The number of aliphatic imine (C=N–C) groups is 1. The molecule has 4 heteroatoms. The van der Waals surface area contributed by atoms with Crippen molar-refractivity contribution in [2.45, 2.75) is 44.6 Å². The summed E-state index contributed by atoms with van der Waals surface area (Å²) in [5, 5.41) is 10.6. The Balaban J connectivity index is 1.77. The van der Waals surface area contributed by atoms with E-state index in [0.717, 1.165) is 36.8 Å². The van der Waals surface area contributed by atoms with Crippen molar-refractivity contribution >= 4 is 17.9 Å². The molecule has 3 rings (SSSR count). The lowest BCUT2D eigenvalue weighted by Crippen LogP contribution is -2.20. The number of nitrogens with zero attached hydrogens (tertiary/aromatic N) is 1. The minimum atomic E-state index is -0.427. The van der Waals surface area contributed by atoms with Crippen LogP contribution < -0.4 is 0 Å². The fourth-order valence-electron chi connectivity index (χ4n) is 3.20. The SMILES string of the molecule is O=C(Cc1ccccc1)OC(=NC1CCCCC1)/C(O)=C/c1ccccc1. The Bertz CT molecular complexity index is 791. The van der Waals surface area contributed by atoms with Gasteiger partial charge in [-0.25, -0.2) is 4.99 Å². The molecule has 0 saturated heterocycles. The average molecular weight is 363 g/mol. The summed E-state index contributed by atoms with van der Waals surface area (Å²) >= 11 is 0. The normalized spacial score (nSPS) is 16.1. The van der Waals surface area contributed by atoms with Gasteiger partial charge in [-0.05, 0) is 30.0 Å². The Hall–Kier alpha value is -2.88. The third-order valence-corrected chi connectivity index (χ3v) is 4.60. The molecule has 1 N–H and O–H groups in total. The van der Waals surface area contributed by atoms with Crippen molar-refractivity contribution in [2.24, 2.45) is 4.99 Å². The van der Waals surface area contributed by atoms with E-state index >= 15 is 0 Å². The Morgan fingerprint density at radius 1 is 1.00 bits per heavy atom. The van der Waals surface area contributed by atoms with Crippen LogP contribution in [0.1, 0.15) is 43.2 Å². The standard InChI is InChI=1S/C23H25NO3/c25-21(16-18-10-4-1-5-11-18)23(24-20-14-8-3-9-15-20)27-22(26)17-19-12-6-2-7-13-19/h1-2,4-7,10-13,16,20,25H,3,8-9,14-15,17H2/b21-16-,24-23?. The molecule has 0 atom stereocenters. The van der Waals surface area contributed by atoms with E-state index in [1.54, 1.807) is 6.08 Å². The highest BCUT2D eigenvalue weighted by atomic mass is 16.6. The Morgan fingerprint density at radius 2 is 1.63 bits per heavy atom. The maximum Gasteiger partial charge on any atom is 0.317 e. The number of rotatable bonds is 5. The molecule has 0 aromatic heterocycles. The summed E-state index contributed by atoms with van der Waals surface area (Å²) in [7, 11) is 0. The van der Waals surface area contributed by atoms with Crippen molar-refractivity contribution in [3.8, 4) is 0 Å². The summed E-state index contributed by atoms with van der Waals surface area (Å²) in [6, 6.07) is 18.9. The highest BCUT2D eigenvalue weighted by Gasteiger charge is 2.19. The van der Waals surface area contributed by atoms with Crippen molar-refractivity contribution in [1.82, 2.24) is 0 Å². The second-order valence-electron chi connectivity index (χ2n) is 6.80. The van der Waals surface area contributed by atoms with Crippen LogP contribution in [0.15, 0.2) is 71.4 Å². The molecule has 0 spiro atoms. The number of hydrogen-bond donors (Lipinski definition) is 1. The number of hydrogen-bond acceptors (Lipinski definition) is 4. The summed E-state index contributed by atoms with van der Waals surface area (Å²) in [5.74, 6) is -0.524. The molecule has 1 aliphatic rings. The quantitative estimate of drug-likeness (QED) is 0.348. The lowest BCUT2D eigenvalue weighted by atomic mass is 9.96. The molecule has 1 saturated carbocycles. The first-order valence-electron chi connectivity index (χ1n) is 9.49. The third kappa shape index (κ3) is 6.10. The van der Waals surface area contributed by atoms with Crippen LogP contribution in [0.5, 0.6) is 0 Å². The molecule has 0 aliphatic heterocycles. The Kier molecular flexibility index (Phi) is 6.80. The summed E-state index contributed by atoms with van der Waals surface area (Å²) in [5.41, 5.74) is 1.69. The van der Waals surface area contributed by atoms with E-state index in [1.165, 1.54) is 6.42 Å². The molecule has 4 nitrogen and oxygen atoms in total. The van der Waals surface area contributed by atoms with Gasteiger partial charge in [0.2, 0.25) is 0 Å². The second-order valence-corrected chi connectivity index (χ2v) is 6.80. The van der Waals surface area contributed by atoms with Crippen LogP contribution in [-0.2, 0) is 16.0 Å². The molecule has 27 heavy (non-hydrogen) atoms. The van der Waals surface area contributed by atoms with Gasteiger partial charge in [-0.3, -0.25) is 4.79 Å². The van der Waals surface area contributed by atoms with Gasteiger partial charge in [0.25, 0.3) is 5.90 Å². The van der Waals surface area contributed by atoms with Crippen molar-refractivity contribution in [3.63, 3.8) is 0 Å². The van der Waals surface area contributed by atoms with E-state index in [4.69, 9.17) is 4.74 Å². The van der Waals surface area contributed by atoms with Crippen LogP contribution in [0.4, 0.5) is 0 Å². The van der Waals surface area contributed by atoms with Crippen LogP contribution in [-0.4, -0.2) is 23.0 Å². The fraction of sp³-hybridized carbons (Fsp3) is 0.304. The predicted octanol–water partition coefficient (Wildman–Crippen LogP) is 5.10. The summed E-state index contributed by atoms with van der Waals surface area (Å²) in [4.78, 5) is 16.9. The highest BCUT2D eigenvalue weighted by molar-refractivity contribution is 6.01. The molecule has 0 radical (unpaired) electrons. The van der Waals surface area contributed by atoms with Crippen LogP contribution in [0.2, 0.25) is 0 Å². The second kappa shape index (κ2) is 9.72. The Morgan fingerprint density at radius 3 is 2.30 bits per heavy atom. The highest BCUT2D eigenvalue weighted by Crippen LogP contribution is 2.21. The number of esters is 1. The molecule has 2 aromatic carbocycles. The van der Waals surface area contributed by atoms with Crippen LogP contribution in [0, 0.1) is 0 Å². The van der Waals surface area contributed by atoms with Crippen molar-refractivity contribution < 1.29 is 14.6 Å². The van der Waals surface area contributed by atoms with Gasteiger partial charge in [-0.15, -0.1) is 0 Å².